The molecule has 2 aliphatic rings. The highest BCUT2D eigenvalue weighted by Gasteiger charge is 2.43. The maximum Gasteiger partial charge on any atom is 0.297 e. The van der Waals surface area contributed by atoms with E-state index >= 15 is 0 Å². The molecule has 8 bridgehead atoms. The molecule has 0 amide bonds. The number of aromatic nitrogens is 8. The maximum atomic E-state index is 13.3. The largest absolute Gasteiger partial charge is 0.324 e. The molecule has 0 unspecified atom stereocenters. The fourth-order valence-corrected chi connectivity index (χ4v) is 12.0. The number of aromatic amines is 2. The monoisotopic (exact) mass is 860 g/mol. The van der Waals surface area contributed by atoms with Crippen molar-refractivity contribution < 1.29 is 51.9 Å². The Balaban J connectivity index is 1.66. The van der Waals surface area contributed by atoms with Gasteiger partial charge in [-0.3, -0.25) is 18.2 Å². The van der Waals surface area contributed by atoms with Crippen LogP contribution in [0.2, 0.25) is 0 Å². The number of benzene rings is 4. The van der Waals surface area contributed by atoms with Crippen molar-refractivity contribution in [2.24, 2.45) is 0 Å². The minimum atomic E-state index is -6.26. The van der Waals surface area contributed by atoms with Crippen LogP contribution < -0.4 is 0 Å². The normalized spacial score (nSPS) is 13.1. The first kappa shape index (κ1) is 37.2. The first-order valence-electron chi connectivity index (χ1n) is 16.2. The summed E-state index contributed by atoms with van der Waals surface area (Å²) in [6, 6.07) is 18.4. The summed E-state index contributed by atoms with van der Waals surface area (Å²) in [4.78, 5) is 24.6. The Bertz CT molecular complexity index is 3720. The van der Waals surface area contributed by atoms with Gasteiger partial charge >= 0.3 is 0 Å². The molecule has 0 saturated heterocycles. The van der Waals surface area contributed by atoms with E-state index in [-0.39, 0.29) is 40.1 Å². The zero-order valence-corrected chi connectivity index (χ0v) is 31.8. The molecule has 292 valence electrons. The summed E-state index contributed by atoms with van der Waals surface area (Å²) in [6.07, 6.45) is 1.42. The quantitative estimate of drug-likeness (QED) is 0.130. The number of hydrogen-bond donors (Lipinski definition) is 6. The fraction of sp³-hybridized carbons (Fsp3) is 0. The van der Waals surface area contributed by atoms with E-state index in [4.69, 9.17) is 9.97 Å². The van der Waals surface area contributed by atoms with Gasteiger partial charge in [0.25, 0.3) is 40.5 Å². The van der Waals surface area contributed by atoms with Crippen molar-refractivity contribution in [2.75, 3.05) is 0 Å². The van der Waals surface area contributed by atoms with Gasteiger partial charge in [-0.1, -0.05) is 79.4 Å². The molecule has 4 aromatic carbocycles. The lowest BCUT2D eigenvalue weighted by molar-refractivity contribution is 0.449. The highest BCUT2D eigenvalue weighted by atomic mass is 32.2. The van der Waals surface area contributed by atoms with E-state index in [0.29, 0.717) is 33.1 Å². The first-order chi connectivity index (χ1) is 27.3. The molecule has 0 fully saturated rings. The lowest BCUT2D eigenvalue weighted by atomic mass is 10.0. The van der Waals surface area contributed by atoms with Crippen LogP contribution in [0.4, 0.5) is 0 Å². The number of fused-ring (bicyclic) bond motifs is 20. The standard InChI is InChI=1S/C34H20N8O12S4/c1-2-14-8-7-13-19-20(14)32-40-31(19)38-29-16-10-4-3-9-15(16)27(36-29)35-28-17-11-5-6-12-18(17)30(37-28)39-33-21-22(34(41-32)42-33)24(56(46,47)48)26(58(52,53)54)25(57(49,50)51)23(21)55(43,44)45/h2-13H,1H2,(H,43,44,45)(H,46,47,48)(H,49,50,51)(H,52,53,54)(H2,35,36,37,38,39,40,41,42). The zero-order chi connectivity index (χ0) is 41.3. The molecule has 0 saturated carbocycles. The fourth-order valence-electron chi connectivity index (χ4n) is 7.04. The van der Waals surface area contributed by atoms with E-state index in [1.165, 1.54) is 12.1 Å². The molecule has 9 rings (SSSR count). The van der Waals surface area contributed by atoms with Gasteiger partial charge in [0.1, 0.15) is 42.2 Å². The summed E-state index contributed by atoms with van der Waals surface area (Å²) in [7, 11) is -24.7. The second-order valence-corrected chi connectivity index (χ2v) is 18.1. The van der Waals surface area contributed by atoms with Crippen molar-refractivity contribution in [3.8, 4) is 45.6 Å². The van der Waals surface area contributed by atoms with E-state index in [0.717, 1.165) is 0 Å². The molecule has 58 heavy (non-hydrogen) atoms. The Morgan fingerprint density at radius 2 is 0.828 bits per heavy atom. The minimum absolute atomic E-state index is 0.0176. The SMILES string of the molecule is C=Cc1cccc2c1-c1nc-2nc2[nH]c(nc3nc(nc4[nH]c(n1)c1c(S(=O)(=O)O)c(S(=O)(=O)O)c(S(=O)(=O)O)c(S(=O)(=O)O)c41)-c1ccccc1-3)c1ccccc21. The summed E-state index contributed by atoms with van der Waals surface area (Å²) in [5.41, 5.74) is 0.413. The molecule has 0 spiro atoms. The average Bonchev–Trinajstić information content (AvgIpc) is 3.88. The van der Waals surface area contributed by atoms with E-state index in [9.17, 15) is 51.9 Å². The van der Waals surface area contributed by atoms with Crippen LogP contribution in [-0.4, -0.2) is 91.8 Å². The molecular weight excluding hydrogens is 841 g/mol. The van der Waals surface area contributed by atoms with Gasteiger partial charge in [-0.2, -0.15) is 33.7 Å². The molecule has 7 aromatic rings. The molecule has 6 N–H and O–H groups in total. The van der Waals surface area contributed by atoms with Crippen molar-refractivity contribution in [3.05, 3.63) is 78.9 Å². The zero-order valence-electron chi connectivity index (χ0n) is 28.5. The molecule has 5 heterocycles. The van der Waals surface area contributed by atoms with Crippen LogP contribution in [0.25, 0.3) is 95.8 Å². The predicted octanol–water partition coefficient (Wildman–Crippen LogP) is 4.50. The summed E-state index contributed by atoms with van der Waals surface area (Å²) >= 11 is 0. The van der Waals surface area contributed by atoms with Crippen molar-refractivity contribution >= 4 is 90.7 Å². The van der Waals surface area contributed by atoms with E-state index in [1.54, 1.807) is 60.7 Å². The third-order valence-corrected chi connectivity index (χ3v) is 13.3. The van der Waals surface area contributed by atoms with Crippen LogP contribution in [0.3, 0.4) is 0 Å². The van der Waals surface area contributed by atoms with Gasteiger partial charge in [0, 0.05) is 33.0 Å². The molecule has 0 aliphatic carbocycles. The van der Waals surface area contributed by atoms with Gasteiger partial charge in [-0.15, -0.1) is 0 Å². The Morgan fingerprint density at radius 1 is 0.448 bits per heavy atom. The average molecular weight is 861 g/mol. The van der Waals surface area contributed by atoms with Crippen LogP contribution in [0.5, 0.6) is 0 Å². The van der Waals surface area contributed by atoms with E-state index in [1.807, 2.05) is 0 Å². The summed E-state index contributed by atoms with van der Waals surface area (Å²) in [5, 5.41) is -1.23. The van der Waals surface area contributed by atoms with Gasteiger partial charge in [0.15, 0.2) is 23.3 Å². The Morgan fingerprint density at radius 3 is 1.29 bits per heavy atom. The summed E-state index contributed by atoms with van der Waals surface area (Å²) in [6.45, 7) is 3.82. The minimum Gasteiger partial charge on any atom is -0.324 e. The Labute approximate surface area is 325 Å². The van der Waals surface area contributed by atoms with E-state index in [2.05, 4.69) is 36.5 Å². The maximum absolute atomic E-state index is 13.3. The molecule has 24 heteroatoms. The van der Waals surface area contributed by atoms with Crippen molar-refractivity contribution in [1.82, 2.24) is 39.9 Å². The molecule has 20 nitrogen and oxygen atoms in total. The van der Waals surface area contributed by atoms with Crippen molar-refractivity contribution in [3.63, 3.8) is 0 Å². The lowest BCUT2D eigenvalue weighted by Gasteiger charge is -2.14. The highest BCUT2D eigenvalue weighted by Crippen LogP contribution is 2.45. The van der Waals surface area contributed by atoms with Gasteiger partial charge in [0.2, 0.25) is 0 Å². The lowest BCUT2D eigenvalue weighted by Crippen LogP contribution is -2.19. The molecule has 0 radical (unpaired) electrons. The molecule has 2 aliphatic heterocycles. The van der Waals surface area contributed by atoms with Crippen LogP contribution in [0, 0.1) is 0 Å². The van der Waals surface area contributed by atoms with E-state index < -0.39 is 82.1 Å². The highest BCUT2D eigenvalue weighted by molar-refractivity contribution is 7.91. The van der Waals surface area contributed by atoms with Gasteiger partial charge in [0.05, 0.1) is 10.8 Å². The van der Waals surface area contributed by atoms with Crippen molar-refractivity contribution in [2.45, 2.75) is 19.6 Å². The van der Waals surface area contributed by atoms with Crippen LogP contribution in [0.1, 0.15) is 5.56 Å². The Hall–Kier alpha value is -6.38. The molecule has 3 aromatic heterocycles. The third-order valence-electron chi connectivity index (χ3n) is 9.22. The van der Waals surface area contributed by atoms with Crippen LogP contribution in [0.15, 0.2) is 92.9 Å². The summed E-state index contributed by atoms with van der Waals surface area (Å²) in [5.74, 6) is -0.514. The van der Waals surface area contributed by atoms with Crippen molar-refractivity contribution in [1.29, 1.82) is 0 Å². The topological polar surface area (TPSA) is 326 Å². The summed E-state index contributed by atoms with van der Waals surface area (Å²) < 4.78 is 146. The van der Waals surface area contributed by atoms with Gasteiger partial charge < -0.3 is 9.97 Å². The number of rotatable bonds is 5. The number of H-pyrrole nitrogens is 2. The second-order valence-electron chi connectivity index (χ2n) is 12.6. The Kier molecular flexibility index (Phi) is 7.90. The number of nitrogens with one attached hydrogen (secondary N) is 2. The molecule has 0 atom stereocenters. The van der Waals surface area contributed by atoms with Crippen LogP contribution >= 0.6 is 0 Å². The smallest absolute Gasteiger partial charge is 0.297 e. The first-order valence-corrected chi connectivity index (χ1v) is 21.9. The number of nitrogens with zero attached hydrogens (tertiary/aromatic N) is 6. The second kappa shape index (κ2) is 12.3. The van der Waals surface area contributed by atoms with Gasteiger partial charge in [-0.05, 0) is 5.56 Å². The predicted molar refractivity (Wildman–Crippen MR) is 205 cm³/mol. The number of hydrogen-bond acceptors (Lipinski definition) is 14. The van der Waals surface area contributed by atoms with Gasteiger partial charge in [-0.25, -0.2) is 29.9 Å². The third kappa shape index (κ3) is 5.69. The van der Waals surface area contributed by atoms with Crippen LogP contribution in [-0.2, 0) is 40.5 Å². The molecular formula is C34H20N8O12S4.